The van der Waals surface area contributed by atoms with Crippen molar-refractivity contribution in [2.75, 3.05) is 43.1 Å². The van der Waals surface area contributed by atoms with Gasteiger partial charge in [-0.25, -0.2) is 14.2 Å². The van der Waals surface area contributed by atoms with Gasteiger partial charge in [0, 0.05) is 50.9 Å². The summed E-state index contributed by atoms with van der Waals surface area (Å²) in [6.45, 7) is 1.95. The first-order valence-electron chi connectivity index (χ1n) is 11.7. The van der Waals surface area contributed by atoms with Crippen LogP contribution in [0.25, 0.3) is 10.9 Å². The lowest BCUT2D eigenvalue weighted by atomic mass is 10.1. The second kappa shape index (κ2) is 9.25. The summed E-state index contributed by atoms with van der Waals surface area (Å²) in [5, 5.41) is 13.3. The van der Waals surface area contributed by atoms with Gasteiger partial charge >= 0.3 is 12.3 Å². The Bertz CT molecular complexity index is 1400. The van der Waals surface area contributed by atoms with Gasteiger partial charge in [0.15, 0.2) is 0 Å². The number of piperazine rings is 1. The molecule has 5 rings (SSSR count). The fourth-order valence-corrected chi connectivity index (χ4v) is 4.67. The number of hydrogen-bond acceptors (Lipinski definition) is 6. The Morgan fingerprint density at radius 1 is 1.08 bits per heavy atom. The minimum Gasteiger partial charge on any atom is -0.477 e. The molecule has 0 unspecified atom stereocenters. The van der Waals surface area contributed by atoms with Crippen molar-refractivity contribution in [2.45, 2.75) is 25.2 Å². The van der Waals surface area contributed by atoms with Crippen LogP contribution in [-0.2, 0) is 0 Å². The first-order valence-corrected chi connectivity index (χ1v) is 11.7. The van der Waals surface area contributed by atoms with Crippen LogP contribution in [0.2, 0.25) is 0 Å². The van der Waals surface area contributed by atoms with E-state index < -0.39 is 23.6 Å². The van der Waals surface area contributed by atoms with E-state index in [1.54, 1.807) is 17.7 Å². The summed E-state index contributed by atoms with van der Waals surface area (Å²) in [7, 11) is 1.79. The number of aromatic nitrogens is 1. The number of halogens is 4. The number of alkyl halides is 3. The van der Waals surface area contributed by atoms with Gasteiger partial charge in [0.1, 0.15) is 17.1 Å². The lowest BCUT2D eigenvalue weighted by molar-refractivity contribution is -0.274. The van der Waals surface area contributed by atoms with Gasteiger partial charge in [-0.2, -0.15) is 0 Å². The van der Waals surface area contributed by atoms with Crippen LogP contribution in [0, 0.1) is 5.82 Å². The maximum atomic E-state index is 15.2. The highest BCUT2D eigenvalue weighted by Crippen LogP contribution is 2.38. The quantitative estimate of drug-likeness (QED) is 0.487. The average Bonchev–Trinajstić information content (AvgIpc) is 3.69. The Balaban J connectivity index is 1.34. The SMILES string of the molecule is CN(c1ccc(OC(F)(F)F)cc1)N1CCN(c2cc3c(cc2F)c(=O)c(C(=O)O)cn3C2CC2)CC1. The first-order chi connectivity index (χ1) is 17.5. The minimum absolute atomic E-state index is 0.0457. The third-order valence-electron chi connectivity index (χ3n) is 6.74. The smallest absolute Gasteiger partial charge is 0.477 e. The molecule has 0 bridgehead atoms. The predicted octanol–water partition coefficient (Wildman–Crippen LogP) is 4.25. The molecule has 0 amide bonds. The Morgan fingerprint density at radius 2 is 1.73 bits per heavy atom. The van der Waals surface area contributed by atoms with Crippen molar-refractivity contribution in [3.63, 3.8) is 0 Å². The molecule has 2 aromatic carbocycles. The van der Waals surface area contributed by atoms with Gasteiger partial charge in [-0.05, 0) is 49.2 Å². The first kappa shape index (κ1) is 24.9. The summed E-state index contributed by atoms with van der Waals surface area (Å²) in [6, 6.07) is 8.37. The molecule has 0 spiro atoms. The lowest BCUT2D eigenvalue weighted by Gasteiger charge is -2.41. The van der Waals surface area contributed by atoms with Crippen LogP contribution in [0.4, 0.5) is 28.9 Å². The Labute approximate surface area is 208 Å². The van der Waals surface area contributed by atoms with Gasteiger partial charge in [0.2, 0.25) is 5.43 Å². The van der Waals surface area contributed by atoms with E-state index in [2.05, 4.69) is 4.74 Å². The standard InChI is InChI=1S/C25H24F4N4O4/c1-30(15-4-6-17(7-5-15)37-25(27,28)29)32-10-8-31(9-11-32)22-13-21-18(12-20(22)26)23(34)19(24(35)36)14-33(21)16-2-3-16/h4-7,12-14,16H,2-3,8-11H2,1H3,(H,35,36). The van der Waals surface area contributed by atoms with Crippen LogP contribution in [-0.4, -0.2) is 60.2 Å². The summed E-state index contributed by atoms with van der Waals surface area (Å²) in [6.07, 6.45) is -1.69. The molecule has 12 heteroatoms. The summed E-state index contributed by atoms with van der Waals surface area (Å²) < 4.78 is 58.1. The van der Waals surface area contributed by atoms with E-state index in [9.17, 15) is 27.9 Å². The number of rotatable bonds is 6. The Hall–Kier alpha value is -3.80. The van der Waals surface area contributed by atoms with E-state index in [-0.39, 0.29) is 22.7 Å². The molecule has 1 aliphatic carbocycles. The number of hydrazine groups is 1. The fraction of sp³-hybridized carbons (Fsp3) is 0.360. The van der Waals surface area contributed by atoms with E-state index in [0.29, 0.717) is 43.1 Å². The molecular formula is C25H24F4N4O4. The second-order valence-corrected chi connectivity index (χ2v) is 9.14. The van der Waals surface area contributed by atoms with E-state index in [1.165, 1.54) is 30.5 Å². The summed E-state index contributed by atoms with van der Waals surface area (Å²) in [5.74, 6) is -2.24. The zero-order valence-electron chi connectivity index (χ0n) is 19.8. The third kappa shape index (κ3) is 5.06. The summed E-state index contributed by atoms with van der Waals surface area (Å²) in [4.78, 5) is 26.1. The highest BCUT2D eigenvalue weighted by atomic mass is 19.4. The van der Waals surface area contributed by atoms with Crippen LogP contribution in [0.3, 0.4) is 0 Å². The van der Waals surface area contributed by atoms with E-state index in [0.717, 1.165) is 18.9 Å². The molecule has 196 valence electrons. The number of fused-ring (bicyclic) bond motifs is 1. The normalized spacial score (nSPS) is 16.7. The number of benzene rings is 2. The summed E-state index contributed by atoms with van der Waals surface area (Å²) >= 11 is 0. The topological polar surface area (TPSA) is 78.2 Å². The minimum atomic E-state index is -4.76. The molecule has 1 saturated carbocycles. The van der Waals surface area contributed by atoms with Gasteiger partial charge < -0.3 is 24.3 Å². The van der Waals surface area contributed by atoms with Gasteiger partial charge in [-0.15, -0.1) is 13.2 Å². The molecule has 8 nitrogen and oxygen atoms in total. The number of carboxylic acid groups (broad SMARTS) is 1. The largest absolute Gasteiger partial charge is 0.573 e. The van der Waals surface area contributed by atoms with Crippen molar-refractivity contribution < 1.29 is 32.2 Å². The van der Waals surface area contributed by atoms with E-state index in [1.807, 2.05) is 14.9 Å². The summed E-state index contributed by atoms with van der Waals surface area (Å²) in [5.41, 5.74) is 0.432. The van der Waals surface area contributed by atoms with Crippen molar-refractivity contribution in [1.82, 2.24) is 9.58 Å². The van der Waals surface area contributed by atoms with E-state index >= 15 is 4.39 Å². The number of aromatic carboxylic acids is 1. The third-order valence-corrected chi connectivity index (χ3v) is 6.74. The number of ether oxygens (including phenoxy) is 1. The highest BCUT2D eigenvalue weighted by molar-refractivity contribution is 5.93. The second-order valence-electron chi connectivity index (χ2n) is 9.14. The van der Waals surface area contributed by atoms with E-state index in [4.69, 9.17) is 0 Å². The molecule has 0 atom stereocenters. The average molecular weight is 520 g/mol. The molecule has 37 heavy (non-hydrogen) atoms. The molecular weight excluding hydrogens is 496 g/mol. The molecule has 3 aromatic rings. The van der Waals surface area contributed by atoms with Crippen molar-refractivity contribution >= 4 is 28.2 Å². The maximum Gasteiger partial charge on any atom is 0.573 e. The van der Waals surface area contributed by atoms with Crippen LogP contribution in [0.1, 0.15) is 29.2 Å². The van der Waals surface area contributed by atoms with Gasteiger partial charge in [0.25, 0.3) is 0 Å². The molecule has 2 aliphatic rings. The van der Waals surface area contributed by atoms with Crippen LogP contribution >= 0.6 is 0 Å². The van der Waals surface area contributed by atoms with Crippen molar-refractivity contribution in [1.29, 1.82) is 0 Å². The van der Waals surface area contributed by atoms with Gasteiger partial charge in [-0.3, -0.25) is 4.79 Å². The number of nitrogens with zero attached hydrogens (tertiary/aromatic N) is 4. The molecule has 1 aromatic heterocycles. The number of carbonyl (C=O) groups is 1. The van der Waals surface area contributed by atoms with Crippen molar-refractivity contribution in [3.05, 3.63) is 64.2 Å². The maximum absolute atomic E-state index is 15.2. The van der Waals surface area contributed by atoms with Crippen LogP contribution in [0.5, 0.6) is 5.75 Å². The van der Waals surface area contributed by atoms with Crippen LogP contribution in [0.15, 0.2) is 47.4 Å². The number of hydrogen-bond donors (Lipinski definition) is 1. The zero-order valence-corrected chi connectivity index (χ0v) is 19.8. The van der Waals surface area contributed by atoms with Crippen molar-refractivity contribution in [2.24, 2.45) is 0 Å². The number of anilines is 2. The molecule has 2 fully saturated rings. The number of carboxylic acids is 1. The highest BCUT2D eigenvalue weighted by Gasteiger charge is 2.31. The van der Waals surface area contributed by atoms with Gasteiger partial charge in [0.05, 0.1) is 16.9 Å². The molecule has 1 N–H and O–H groups in total. The Kier molecular flexibility index (Phi) is 6.22. The lowest BCUT2D eigenvalue weighted by Crippen LogP contribution is -2.53. The monoisotopic (exact) mass is 520 g/mol. The molecule has 1 aliphatic heterocycles. The van der Waals surface area contributed by atoms with Crippen LogP contribution < -0.4 is 20.1 Å². The molecule has 2 heterocycles. The fourth-order valence-electron chi connectivity index (χ4n) is 4.67. The molecule has 0 radical (unpaired) electrons. The zero-order chi connectivity index (χ0) is 26.5. The van der Waals surface area contributed by atoms with Gasteiger partial charge in [-0.1, -0.05) is 0 Å². The number of pyridine rings is 1. The predicted molar refractivity (Wildman–Crippen MR) is 129 cm³/mol. The Morgan fingerprint density at radius 3 is 2.30 bits per heavy atom. The molecule has 1 saturated heterocycles. The van der Waals surface area contributed by atoms with Crippen molar-refractivity contribution in [3.8, 4) is 5.75 Å².